The van der Waals surface area contributed by atoms with Gasteiger partial charge in [0.2, 0.25) is 0 Å². The van der Waals surface area contributed by atoms with E-state index in [2.05, 4.69) is 15.3 Å². The van der Waals surface area contributed by atoms with Crippen molar-refractivity contribution in [3.8, 4) is 0 Å². The molecule has 0 saturated heterocycles. The third-order valence-corrected chi connectivity index (χ3v) is 3.14. The average Bonchev–Trinajstić information content (AvgIpc) is 2.51. The fourth-order valence-electron chi connectivity index (χ4n) is 2.05. The normalized spacial score (nSPS) is 10.8. The van der Waals surface area contributed by atoms with Crippen LogP contribution in [0.25, 0.3) is 11.0 Å². The molecule has 0 radical (unpaired) electrons. The first-order valence-electron chi connectivity index (χ1n) is 6.29. The second-order valence-electron chi connectivity index (χ2n) is 4.56. The lowest BCUT2D eigenvalue weighted by Crippen LogP contribution is -2.19. The Kier molecular flexibility index (Phi) is 3.42. The Hall–Kier alpha value is -3.03. The van der Waals surface area contributed by atoms with Crippen LogP contribution < -0.4 is 10.9 Å². The molecule has 0 amide bonds. The van der Waals surface area contributed by atoms with E-state index < -0.39 is 17.2 Å². The van der Waals surface area contributed by atoms with E-state index in [9.17, 15) is 18.8 Å². The molecule has 112 valence electrons. The standard InChI is InChI=1S/C14H10F2N4O2/c15-9-2-1-8(11(16)3-9)5-18-12-4-13(21)20(22)14-10(12)6-17-7-19-14/h1-4,6-7,18,22H,5H2. The molecule has 3 aromatic rings. The lowest BCUT2D eigenvalue weighted by atomic mass is 10.2. The highest BCUT2D eigenvalue weighted by molar-refractivity contribution is 5.87. The van der Waals surface area contributed by atoms with Crippen LogP contribution in [-0.4, -0.2) is 19.9 Å². The zero-order valence-electron chi connectivity index (χ0n) is 11.1. The van der Waals surface area contributed by atoms with Gasteiger partial charge in [-0.05, 0) is 6.07 Å². The molecule has 22 heavy (non-hydrogen) atoms. The smallest absolute Gasteiger partial charge is 0.286 e. The van der Waals surface area contributed by atoms with Gasteiger partial charge in [-0.25, -0.2) is 18.7 Å². The van der Waals surface area contributed by atoms with E-state index in [1.165, 1.54) is 18.6 Å². The predicted molar refractivity (Wildman–Crippen MR) is 74.7 cm³/mol. The third kappa shape index (κ3) is 2.46. The molecule has 6 nitrogen and oxygen atoms in total. The number of fused-ring (bicyclic) bond motifs is 1. The van der Waals surface area contributed by atoms with Gasteiger partial charge in [0, 0.05) is 30.4 Å². The van der Waals surface area contributed by atoms with Gasteiger partial charge in [-0.1, -0.05) is 6.07 Å². The molecular weight excluding hydrogens is 294 g/mol. The monoisotopic (exact) mass is 304 g/mol. The van der Waals surface area contributed by atoms with E-state index in [0.717, 1.165) is 18.2 Å². The van der Waals surface area contributed by atoms with Gasteiger partial charge in [0.1, 0.15) is 18.0 Å². The summed E-state index contributed by atoms with van der Waals surface area (Å²) in [4.78, 5) is 19.3. The number of anilines is 1. The third-order valence-electron chi connectivity index (χ3n) is 3.14. The van der Waals surface area contributed by atoms with E-state index in [1.807, 2.05) is 0 Å². The molecule has 3 rings (SSSR count). The number of nitrogens with one attached hydrogen (secondary N) is 1. The first-order chi connectivity index (χ1) is 10.6. The Labute approximate surface area is 122 Å². The molecule has 0 aliphatic carbocycles. The number of nitrogens with zero attached hydrogens (tertiary/aromatic N) is 3. The van der Waals surface area contributed by atoms with Crippen molar-refractivity contribution < 1.29 is 14.0 Å². The zero-order chi connectivity index (χ0) is 15.7. The molecule has 0 unspecified atom stereocenters. The molecule has 0 saturated carbocycles. The van der Waals surface area contributed by atoms with Crippen molar-refractivity contribution in [2.24, 2.45) is 0 Å². The van der Waals surface area contributed by atoms with Gasteiger partial charge in [-0.3, -0.25) is 4.79 Å². The Bertz CT molecular complexity index is 911. The van der Waals surface area contributed by atoms with Gasteiger partial charge in [-0.2, -0.15) is 0 Å². The molecule has 8 heteroatoms. The van der Waals surface area contributed by atoms with E-state index >= 15 is 0 Å². The molecule has 1 aromatic carbocycles. The number of aromatic nitrogens is 3. The summed E-state index contributed by atoms with van der Waals surface area (Å²) in [7, 11) is 0. The minimum Gasteiger partial charge on any atom is -0.423 e. The van der Waals surface area contributed by atoms with Gasteiger partial charge >= 0.3 is 0 Å². The summed E-state index contributed by atoms with van der Waals surface area (Å²) in [6.45, 7) is 0.0327. The van der Waals surface area contributed by atoms with Gasteiger partial charge in [0.25, 0.3) is 5.56 Å². The van der Waals surface area contributed by atoms with Gasteiger partial charge in [-0.15, -0.1) is 4.73 Å². The van der Waals surface area contributed by atoms with Crippen LogP contribution in [0.15, 0.2) is 41.6 Å². The van der Waals surface area contributed by atoms with Crippen molar-refractivity contribution in [1.29, 1.82) is 0 Å². The lowest BCUT2D eigenvalue weighted by molar-refractivity contribution is 0.186. The van der Waals surface area contributed by atoms with Crippen molar-refractivity contribution in [3.63, 3.8) is 0 Å². The number of pyridine rings is 1. The van der Waals surface area contributed by atoms with Crippen molar-refractivity contribution in [2.75, 3.05) is 5.32 Å². The molecule has 2 aromatic heterocycles. The van der Waals surface area contributed by atoms with Crippen LogP contribution in [0.4, 0.5) is 14.5 Å². The number of halogens is 2. The Morgan fingerprint density at radius 2 is 2.09 bits per heavy atom. The van der Waals surface area contributed by atoms with Crippen LogP contribution in [0.5, 0.6) is 0 Å². The highest BCUT2D eigenvalue weighted by Gasteiger charge is 2.10. The summed E-state index contributed by atoms with van der Waals surface area (Å²) in [5.74, 6) is -1.36. The van der Waals surface area contributed by atoms with Gasteiger partial charge in [0.05, 0.1) is 11.1 Å². The van der Waals surface area contributed by atoms with Crippen molar-refractivity contribution in [3.05, 3.63) is 64.3 Å². The molecule has 0 atom stereocenters. The predicted octanol–water partition coefficient (Wildman–Crippen LogP) is 1.92. The summed E-state index contributed by atoms with van der Waals surface area (Å²) in [6.07, 6.45) is 2.61. The molecule has 2 heterocycles. The van der Waals surface area contributed by atoms with Gasteiger partial charge in [0.15, 0.2) is 5.65 Å². The first-order valence-corrected chi connectivity index (χ1v) is 6.29. The maximum Gasteiger partial charge on any atom is 0.286 e. The average molecular weight is 304 g/mol. The second kappa shape index (κ2) is 5.40. The SMILES string of the molecule is O=c1cc(NCc2ccc(F)cc2F)c2cncnc2n1O. The van der Waals surface area contributed by atoms with E-state index in [1.54, 1.807) is 0 Å². The number of hydrogen-bond acceptors (Lipinski definition) is 5. The van der Waals surface area contributed by atoms with Gasteiger partial charge < -0.3 is 10.5 Å². The summed E-state index contributed by atoms with van der Waals surface area (Å²) < 4.78 is 26.9. The summed E-state index contributed by atoms with van der Waals surface area (Å²) >= 11 is 0. The Balaban J connectivity index is 1.97. The minimum atomic E-state index is -0.691. The topological polar surface area (TPSA) is 80.0 Å². The van der Waals surface area contributed by atoms with Crippen LogP contribution in [-0.2, 0) is 6.54 Å². The molecule has 0 aliphatic rings. The minimum absolute atomic E-state index is 0.0320. The maximum absolute atomic E-state index is 13.6. The Morgan fingerprint density at radius 1 is 1.27 bits per heavy atom. The summed E-state index contributed by atoms with van der Waals surface area (Å²) in [5, 5.41) is 12.9. The van der Waals surface area contributed by atoms with Crippen LogP contribution in [0, 0.1) is 11.6 Å². The van der Waals surface area contributed by atoms with E-state index in [0.29, 0.717) is 15.8 Å². The summed E-state index contributed by atoms with van der Waals surface area (Å²) in [5.41, 5.74) is -0.0768. The van der Waals surface area contributed by atoms with Crippen LogP contribution in [0.3, 0.4) is 0 Å². The first kappa shape index (κ1) is 13.9. The molecule has 0 spiro atoms. The lowest BCUT2D eigenvalue weighted by Gasteiger charge is -2.10. The molecule has 0 fully saturated rings. The number of hydrogen-bond donors (Lipinski definition) is 2. The van der Waals surface area contributed by atoms with Crippen LogP contribution >= 0.6 is 0 Å². The fraction of sp³-hybridized carbons (Fsp3) is 0.0714. The molecule has 2 N–H and O–H groups in total. The van der Waals surface area contributed by atoms with Crippen molar-refractivity contribution in [1.82, 2.24) is 14.7 Å². The summed E-state index contributed by atoms with van der Waals surface area (Å²) in [6, 6.07) is 4.38. The Morgan fingerprint density at radius 3 is 2.86 bits per heavy atom. The van der Waals surface area contributed by atoms with E-state index in [-0.39, 0.29) is 17.8 Å². The molecule has 0 bridgehead atoms. The van der Waals surface area contributed by atoms with Crippen LogP contribution in [0.2, 0.25) is 0 Å². The van der Waals surface area contributed by atoms with E-state index in [4.69, 9.17) is 0 Å². The van der Waals surface area contributed by atoms with Crippen LogP contribution in [0.1, 0.15) is 5.56 Å². The quantitative estimate of drug-likeness (QED) is 0.723. The highest BCUT2D eigenvalue weighted by atomic mass is 19.1. The second-order valence-corrected chi connectivity index (χ2v) is 4.56. The fourth-order valence-corrected chi connectivity index (χ4v) is 2.05. The number of rotatable bonds is 3. The largest absolute Gasteiger partial charge is 0.423 e. The highest BCUT2D eigenvalue weighted by Crippen LogP contribution is 2.19. The van der Waals surface area contributed by atoms with Crippen molar-refractivity contribution >= 4 is 16.7 Å². The number of benzene rings is 1. The molecule has 0 aliphatic heterocycles. The van der Waals surface area contributed by atoms with Crippen molar-refractivity contribution in [2.45, 2.75) is 6.54 Å². The maximum atomic E-state index is 13.6. The zero-order valence-corrected chi connectivity index (χ0v) is 11.1. The molecular formula is C14H10F2N4O2.